The summed E-state index contributed by atoms with van der Waals surface area (Å²) in [6, 6.07) is 21.5. The number of aliphatic imine (C=N–C) groups is 1. The highest BCUT2D eigenvalue weighted by molar-refractivity contribution is 6.08. The molecule has 0 radical (unpaired) electrons. The molecule has 0 fully saturated rings. The normalized spacial score (nSPS) is 12.5. The highest BCUT2D eigenvalue weighted by Gasteiger charge is 2.17. The van der Waals surface area contributed by atoms with Gasteiger partial charge < -0.3 is 19.8 Å². The molecular formula is C27H25N3O3. The van der Waals surface area contributed by atoms with Crippen molar-refractivity contribution >= 4 is 33.9 Å². The van der Waals surface area contributed by atoms with Gasteiger partial charge in [-0.1, -0.05) is 12.1 Å². The van der Waals surface area contributed by atoms with Gasteiger partial charge in [0.25, 0.3) is 5.91 Å². The molecule has 4 aromatic rings. The zero-order valence-corrected chi connectivity index (χ0v) is 18.6. The van der Waals surface area contributed by atoms with Gasteiger partial charge in [0.15, 0.2) is 0 Å². The lowest BCUT2D eigenvalue weighted by Crippen LogP contribution is -2.12. The molecule has 0 saturated heterocycles. The monoisotopic (exact) mass is 439 g/mol. The lowest BCUT2D eigenvalue weighted by atomic mass is 10.0. The molecule has 2 heterocycles. The summed E-state index contributed by atoms with van der Waals surface area (Å²) in [6.45, 7) is 3.09. The number of hydrogen-bond donors (Lipinski definition) is 2. The van der Waals surface area contributed by atoms with Crippen molar-refractivity contribution < 1.29 is 14.3 Å². The van der Waals surface area contributed by atoms with Crippen LogP contribution in [0.2, 0.25) is 0 Å². The molecule has 5 rings (SSSR count). The van der Waals surface area contributed by atoms with Crippen molar-refractivity contribution in [2.75, 3.05) is 25.6 Å². The summed E-state index contributed by atoms with van der Waals surface area (Å²) >= 11 is 0. The lowest BCUT2D eigenvalue weighted by molar-refractivity contribution is 0.102. The maximum atomic E-state index is 12.7. The molecule has 0 saturated carbocycles. The van der Waals surface area contributed by atoms with Crippen molar-refractivity contribution in [2.24, 2.45) is 4.99 Å². The van der Waals surface area contributed by atoms with Crippen LogP contribution in [0.3, 0.4) is 0 Å². The van der Waals surface area contributed by atoms with Gasteiger partial charge in [0.05, 0.1) is 18.0 Å². The second-order valence-corrected chi connectivity index (χ2v) is 8.15. The highest BCUT2D eigenvalue weighted by atomic mass is 16.5. The molecular weight excluding hydrogens is 414 g/mol. The number of fused-ring (bicyclic) bond motifs is 2. The number of carbonyl (C=O) groups excluding carboxylic acids is 1. The summed E-state index contributed by atoms with van der Waals surface area (Å²) in [7, 11) is 1.66. The molecule has 166 valence electrons. The molecule has 1 aliphatic rings. The van der Waals surface area contributed by atoms with Gasteiger partial charge in [0, 0.05) is 41.4 Å². The van der Waals surface area contributed by atoms with E-state index in [0.717, 1.165) is 57.0 Å². The summed E-state index contributed by atoms with van der Waals surface area (Å²) < 4.78 is 10.7. The number of ether oxygens (including phenoxy) is 2. The minimum absolute atomic E-state index is 0.136. The molecule has 6 heteroatoms. The average molecular weight is 440 g/mol. The summed E-state index contributed by atoms with van der Waals surface area (Å²) in [4.78, 5) is 20.8. The van der Waals surface area contributed by atoms with Gasteiger partial charge in [0.2, 0.25) is 0 Å². The molecule has 1 amide bonds. The second-order valence-electron chi connectivity index (χ2n) is 8.15. The van der Waals surface area contributed by atoms with Crippen LogP contribution in [0, 0.1) is 6.92 Å². The van der Waals surface area contributed by atoms with Crippen molar-refractivity contribution in [1.29, 1.82) is 0 Å². The quantitative estimate of drug-likeness (QED) is 0.377. The van der Waals surface area contributed by atoms with Crippen LogP contribution in [0.15, 0.2) is 71.7 Å². The fourth-order valence-electron chi connectivity index (χ4n) is 4.05. The molecule has 1 aromatic heterocycles. The van der Waals surface area contributed by atoms with Gasteiger partial charge in [-0.3, -0.25) is 9.79 Å². The van der Waals surface area contributed by atoms with Crippen LogP contribution >= 0.6 is 0 Å². The van der Waals surface area contributed by atoms with Crippen molar-refractivity contribution in [1.82, 2.24) is 4.98 Å². The number of aromatic nitrogens is 1. The van der Waals surface area contributed by atoms with Crippen molar-refractivity contribution in [3.8, 4) is 5.75 Å². The number of methoxy groups -OCH3 is 1. The largest absolute Gasteiger partial charge is 0.491 e. The van der Waals surface area contributed by atoms with E-state index in [0.29, 0.717) is 18.8 Å². The van der Waals surface area contributed by atoms with Crippen LogP contribution in [0.4, 0.5) is 11.4 Å². The van der Waals surface area contributed by atoms with E-state index in [1.165, 1.54) is 0 Å². The van der Waals surface area contributed by atoms with Crippen LogP contribution < -0.4 is 10.1 Å². The number of anilines is 1. The van der Waals surface area contributed by atoms with Gasteiger partial charge in [-0.2, -0.15) is 0 Å². The minimum Gasteiger partial charge on any atom is -0.491 e. The van der Waals surface area contributed by atoms with Crippen LogP contribution in [-0.2, 0) is 11.2 Å². The molecule has 3 aromatic carbocycles. The third-order valence-corrected chi connectivity index (χ3v) is 5.71. The lowest BCUT2D eigenvalue weighted by Gasteiger charge is -2.07. The Labute approximate surface area is 192 Å². The highest BCUT2D eigenvalue weighted by Crippen LogP contribution is 2.32. The standard InChI is InChI=1S/C27H25N3O3/c1-17-13-20-14-22(7-9-24(20)28-17)29-27(31)19-5-3-18(4-6-19)26-16-21-15-23(33-12-11-32-2)8-10-25(21)30-26/h3-10,13-15,28H,11-12,16H2,1-2H3,(H,29,31). The Morgan fingerprint density at radius 1 is 1.03 bits per heavy atom. The molecule has 0 aliphatic carbocycles. The minimum atomic E-state index is -0.136. The second kappa shape index (κ2) is 8.92. The van der Waals surface area contributed by atoms with Gasteiger partial charge in [-0.15, -0.1) is 0 Å². The van der Waals surface area contributed by atoms with Crippen LogP contribution in [-0.4, -0.2) is 36.9 Å². The predicted octanol–water partition coefficient (Wildman–Crippen LogP) is 5.43. The number of carbonyl (C=O) groups is 1. The van der Waals surface area contributed by atoms with Gasteiger partial charge >= 0.3 is 0 Å². The molecule has 0 unspecified atom stereocenters. The Bertz CT molecular complexity index is 1350. The molecule has 2 N–H and O–H groups in total. The summed E-state index contributed by atoms with van der Waals surface area (Å²) in [6.07, 6.45) is 0.735. The number of nitrogens with zero attached hydrogens (tertiary/aromatic N) is 1. The van der Waals surface area contributed by atoms with Crippen molar-refractivity contribution in [3.63, 3.8) is 0 Å². The first-order chi connectivity index (χ1) is 16.1. The Balaban J connectivity index is 1.25. The van der Waals surface area contributed by atoms with E-state index in [2.05, 4.69) is 16.4 Å². The molecule has 1 aliphatic heterocycles. The Morgan fingerprint density at radius 2 is 1.88 bits per heavy atom. The smallest absolute Gasteiger partial charge is 0.255 e. The Morgan fingerprint density at radius 3 is 2.70 bits per heavy atom. The zero-order valence-electron chi connectivity index (χ0n) is 18.6. The van der Waals surface area contributed by atoms with Gasteiger partial charge in [-0.05, 0) is 72.6 Å². The zero-order chi connectivity index (χ0) is 22.8. The van der Waals surface area contributed by atoms with E-state index in [-0.39, 0.29) is 5.91 Å². The van der Waals surface area contributed by atoms with Crippen LogP contribution in [0.25, 0.3) is 10.9 Å². The summed E-state index contributed by atoms with van der Waals surface area (Å²) in [5, 5.41) is 4.06. The first-order valence-electron chi connectivity index (χ1n) is 10.9. The van der Waals surface area contributed by atoms with Gasteiger partial charge in [0.1, 0.15) is 12.4 Å². The number of aryl methyl sites for hydroxylation is 1. The molecule has 0 atom stereocenters. The maximum Gasteiger partial charge on any atom is 0.255 e. The number of nitrogens with one attached hydrogen (secondary N) is 2. The number of H-pyrrole nitrogens is 1. The maximum absolute atomic E-state index is 12.7. The van der Waals surface area contributed by atoms with E-state index in [1.807, 2.05) is 67.6 Å². The summed E-state index contributed by atoms with van der Waals surface area (Å²) in [5.74, 6) is 0.685. The SMILES string of the molecule is COCCOc1ccc2c(c1)CC(c1ccc(C(=O)Nc3ccc4[nH]c(C)cc4c3)cc1)=N2. The molecule has 0 spiro atoms. The number of benzene rings is 3. The molecule has 0 bridgehead atoms. The molecule has 33 heavy (non-hydrogen) atoms. The van der Waals surface area contributed by atoms with E-state index in [9.17, 15) is 4.79 Å². The number of amides is 1. The van der Waals surface area contributed by atoms with E-state index >= 15 is 0 Å². The topological polar surface area (TPSA) is 75.7 Å². The van der Waals surface area contributed by atoms with Crippen molar-refractivity contribution in [2.45, 2.75) is 13.3 Å². The first kappa shape index (κ1) is 21.0. The Hall–Kier alpha value is -3.90. The third-order valence-electron chi connectivity index (χ3n) is 5.71. The predicted molar refractivity (Wildman–Crippen MR) is 131 cm³/mol. The number of aromatic amines is 1. The van der Waals surface area contributed by atoms with E-state index in [1.54, 1.807) is 7.11 Å². The first-order valence-corrected chi connectivity index (χ1v) is 10.9. The third kappa shape index (κ3) is 4.52. The van der Waals surface area contributed by atoms with Gasteiger partial charge in [-0.25, -0.2) is 0 Å². The number of hydrogen-bond acceptors (Lipinski definition) is 4. The van der Waals surface area contributed by atoms with E-state index in [4.69, 9.17) is 14.5 Å². The Kier molecular flexibility index (Phi) is 5.67. The van der Waals surface area contributed by atoms with Crippen LogP contribution in [0.1, 0.15) is 27.2 Å². The fraction of sp³-hybridized carbons (Fsp3) is 0.185. The van der Waals surface area contributed by atoms with Crippen molar-refractivity contribution in [3.05, 3.63) is 89.1 Å². The average Bonchev–Trinajstić information content (AvgIpc) is 3.41. The molecule has 6 nitrogen and oxygen atoms in total. The summed E-state index contributed by atoms with van der Waals surface area (Å²) in [5.41, 5.74) is 7.62. The number of rotatable bonds is 7. The fourth-order valence-corrected chi connectivity index (χ4v) is 4.05. The van der Waals surface area contributed by atoms with Crippen LogP contribution in [0.5, 0.6) is 5.75 Å². The van der Waals surface area contributed by atoms with E-state index < -0.39 is 0 Å².